The molecule has 0 spiro atoms. The fourth-order valence-electron chi connectivity index (χ4n) is 3.86. The molecular formula is C22H35N3O3S. The van der Waals surface area contributed by atoms with Crippen molar-refractivity contribution in [3.8, 4) is 0 Å². The molecule has 0 aliphatic carbocycles. The molecule has 1 aromatic rings. The summed E-state index contributed by atoms with van der Waals surface area (Å²) in [4.78, 5) is 42.9. The zero-order valence-electron chi connectivity index (χ0n) is 18.4. The van der Waals surface area contributed by atoms with E-state index >= 15 is 0 Å². The third-order valence-electron chi connectivity index (χ3n) is 5.28. The van der Waals surface area contributed by atoms with E-state index in [1.807, 2.05) is 33.2 Å². The lowest BCUT2D eigenvalue weighted by atomic mass is 9.91. The van der Waals surface area contributed by atoms with Crippen LogP contribution in [-0.4, -0.2) is 67.7 Å². The number of ketones is 1. The van der Waals surface area contributed by atoms with Gasteiger partial charge in [0.15, 0.2) is 5.78 Å². The zero-order valence-corrected chi connectivity index (χ0v) is 19.2. The second-order valence-corrected chi connectivity index (χ2v) is 10.4. The summed E-state index contributed by atoms with van der Waals surface area (Å²) < 4.78 is 0. The topological polar surface area (TPSA) is 69.7 Å². The number of aryl methyl sites for hydroxylation is 1. The Labute approximate surface area is 178 Å². The third-order valence-corrected chi connectivity index (χ3v) is 6.33. The molecule has 0 radical (unpaired) electrons. The number of likely N-dealkylation sites (tertiary alicyclic amines) is 1. The van der Waals surface area contributed by atoms with Gasteiger partial charge in [-0.2, -0.15) is 0 Å². The molecule has 0 bridgehead atoms. The van der Waals surface area contributed by atoms with E-state index in [2.05, 4.69) is 24.1 Å². The lowest BCUT2D eigenvalue weighted by molar-refractivity contribution is -0.135. The van der Waals surface area contributed by atoms with Crippen molar-refractivity contribution >= 4 is 28.9 Å². The van der Waals surface area contributed by atoms with Crippen LogP contribution in [0.5, 0.6) is 0 Å². The Hall–Kier alpha value is -1.73. The van der Waals surface area contributed by atoms with Gasteiger partial charge in [0.25, 0.3) is 0 Å². The minimum absolute atomic E-state index is 0.0117. The van der Waals surface area contributed by atoms with Crippen LogP contribution in [0, 0.1) is 18.3 Å². The standard InChI is InChI=1S/C22H35N3O3S/c1-16-6-8-19(29-16)18(26)7-9-20(27)25-12-10-17(11-13-25)21(28)23-14-22(2,3)15-24(4)5/h6,8,17H,7,9-15H2,1-5H3,(H,23,28). The van der Waals surface area contributed by atoms with Gasteiger partial charge in [-0.3, -0.25) is 14.4 Å². The molecule has 1 aromatic heterocycles. The molecule has 0 aromatic carbocycles. The molecular weight excluding hydrogens is 386 g/mol. The van der Waals surface area contributed by atoms with Crippen LogP contribution in [0.2, 0.25) is 0 Å². The lowest BCUT2D eigenvalue weighted by Gasteiger charge is -2.33. The molecule has 1 N–H and O–H groups in total. The third kappa shape index (κ3) is 7.55. The zero-order chi connectivity index (χ0) is 21.6. The predicted octanol–water partition coefficient (Wildman–Crippen LogP) is 2.96. The first-order valence-corrected chi connectivity index (χ1v) is 11.2. The highest BCUT2D eigenvalue weighted by atomic mass is 32.1. The molecule has 1 aliphatic rings. The summed E-state index contributed by atoms with van der Waals surface area (Å²) in [6, 6.07) is 3.76. The summed E-state index contributed by atoms with van der Waals surface area (Å²) in [5.41, 5.74) is 0.0173. The van der Waals surface area contributed by atoms with E-state index in [-0.39, 0.29) is 41.8 Å². The summed E-state index contributed by atoms with van der Waals surface area (Å²) in [5.74, 6) is 0.0979. The highest BCUT2D eigenvalue weighted by Gasteiger charge is 2.29. The van der Waals surface area contributed by atoms with Crippen LogP contribution < -0.4 is 5.32 Å². The van der Waals surface area contributed by atoms with Crippen LogP contribution >= 0.6 is 11.3 Å². The van der Waals surface area contributed by atoms with E-state index in [0.717, 1.165) is 16.3 Å². The van der Waals surface area contributed by atoms with E-state index in [1.54, 1.807) is 4.90 Å². The Morgan fingerprint density at radius 3 is 2.38 bits per heavy atom. The lowest BCUT2D eigenvalue weighted by Crippen LogP contribution is -2.46. The van der Waals surface area contributed by atoms with Gasteiger partial charge in [0.1, 0.15) is 0 Å². The molecule has 2 heterocycles. The van der Waals surface area contributed by atoms with Gasteiger partial charge in [0.2, 0.25) is 11.8 Å². The Morgan fingerprint density at radius 1 is 1.17 bits per heavy atom. The number of carbonyl (C=O) groups excluding carboxylic acids is 3. The van der Waals surface area contributed by atoms with Crippen molar-refractivity contribution in [3.63, 3.8) is 0 Å². The van der Waals surface area contributed by atoms with Crippen LogP contribution in [0.15, 0.2) is 12.1 Å². The summed E-state index contributed by atoms with van der Waals surface area (Å²) in [5, 5.41) is 3.09. The molecule has 6 nitrogen and oxygen atoms in total. The van der Waals surface area contributed by atoms with Crippen LogP contribution in [-0.2, 0) is 9.59 Å². The van der Waals surface area contributed by atoms with Crippen LogP contribution in [0.3, 0.4) is 0 Å². The number of hydrogen-bond donors (Lipinski definition) is 1. The summed E-state index contributed by atoms with van der Waals surface area (Å²) >= 11 is 1.47. The van der Waals surface area contributed by atoms with E-state index in [1.165, 1.54) is 11.3 Å². The predicted molar refractivity (Wildman–Crippen MR) is 117 cm³/mol. The Morgan fingerprint density at radius 2 is 1.83 bits per heavy atom. The van der Waals surface area contributed by atoms with Gasteiger partial charge < -0.3 is 15.1 Å². The molecule has 0 atom stereocenters. The normalized spacial score (nSPS) is 15.6. The number of piperidine rings is 1. The van der Waals surface area contributed by atoms with Gasteiger partial charge in [-0.1, -0.05) is 13.8 Å². The number of Topliss-reactive ketones (excluding diaryl/α,β-unsaturated/α-hetero) is 1. The molecule has 0 saturated carbocycles. The number of nitrogens with zero attached hydrogens (tertiary/aromatic N) is 2. The second kappa shape index (κ2) is 10.3. The summed E-state index contributed by atoms with van der Waals surface area (Å²) in [7, 11) is 4.07. The molecule has 2 amide bonds. The fraction of sp³-hybridized carbons (Fsp3) is 0.682. The molecule has 29 heavy (non-hydrogen) atoms. The van der Waals surface area contributed by atoms with Gasteiger partial charge >= 0.3 is 0 Å². The van der Waals surface area contributed by atoms with E-state index in [0.29, 0.717) is 32.5 Å². The minimum Gasteiger partial charge on any atom is -0.355 e. The second-order valence-electron chi connectivity index (χ2n) is 9.11. The fourth-order valence-corrected chi connectivity index (χ4v) is 4.69. The molecule has 1 aliphatic heterocycles. The molecule has 162 valence electrons. The molecule has 2 rings (SSSR count). The van der Waals surface area contributed by atoms with Crippen molar-refractivity contribution in [2.45, 2.75) is 46.5 Å². The first-order valence-electron chi connectivity index (χ1n) is 10.4. The Kier molecular flexibility index (Phi) is 8.40. The first kappa shape index (κ1) is 23.5. The molecule has 0 unspecified atom stereocenters. The van der Waals surface area contributed by atoms with E-state index in [9.17, 15) is 14.4 Å². The Bertz CT molecular complexity index is 719. The summed E-state index contributed by atoms with van der Waals surface area (Å²) in [6.07, 6.45) is 1.86. The van der Waals surface area contributed by atoms with Gasteiger partial charge in [0.05, 0.1) is 4.88 Å². The smallest absolute Gasteiger partial charge is 0.223 e. The summed E-state index contributed by atoms with van der Waals surface area (Å²) in [6.45, 7) is 8.99. The van der Waals surface area contributed by atoms with Gasteiger partial charge in [0, 0.05) is 49.8 Å². The van der Waals surface area contributed by atoms with Crippen molar-refractivity contribution in [3.05, 3.63) is 21.9 Å². The maximum absolute atomic E-state index is 12.5. The number of rotatable bonds is 9. The van der Waals surface area contributed by atoms with E-state index in [4.69, 9.17) is 0 Å². The first-order chi connectivity index (χ1) is 13.6. The number of carbonyl (C=O) groups is 3. The largest absolute Gasteiger partial charge is 0.355 e. The van der Waals surface area contributed by atoms with Crippen molar-refractivity contribution in [1.29, 1.82) is 0 Å². The SMILES string of the molecule is Cc1ccc(C(=O)CCC(=O)N2CCC(C(=O)NCC(C)(C)CN(C)C)CC2)s1. The van der Waals surface area contributed by atoms with Crippen LogP contribution in [0.1, 0.15) is 54.1 Å². The molecule has 7 heteroatoms. The van der Waals surface area contributed by atoms with Crippen molar-refractivity contribution in [1.82, 2.24) is 15.1 Å². The van der Waals surface area contributed by atoms with Crippen molar-refractivity contribution < 1.29 is 14.4 Å². The number of nitrogens with one attached hydrogen (secondary N) is 1. The van der Waals surface area contributed by atoms with Gasteiger partial charge in [-0.05, 0) is 51.4 Å². The van der Waals surface area contributed by atoms with Gasteiger partial charge in [-0.25, -0.2) is 0 Å². The maximum Gasteiger partial charge on any atom is 0.223 e. The van der Waals surface area contributed by atoms with E-state index < -0.39 is 0 Å². The number of amides is 2. The number of hydrogen-bond acceptors (Lipinski definition) is 5. The highest BCUT2D eigenvalue weighted by Crippen LogP contribution is 2.21. The van der Waals surface area contributed by atoms with Crippen molar-refractivity contribution in [2.24, 2.45) is 11.3 Å². The van der Waals surface area contributed by atoms with Gasteiger partial charge in [-0.15, -0.1) is 11.3 Å². The Balaban J connectivity index is 1.71. The molecule has 1 saturated heterocycles. The average Bonchev–Trinajstić information content (AvgIpc) is 3.09. The molecule has 1 fully saturated rings. The van der Waals surface area contributed by atoms with Crippen molar-refractivity contribution in [2.75, 3.05) is 40.3 Å². The number of thiophene rings is 1. The quantitative estimate of drug-likeness (QED) is 0.623. The highest BCUT2D eigenvalue weighted by molar-refractivity contribution is 7.14. The average molecular weight is 422 g/mol. The monoisotopic (exact) mass is 421 g/mol. The van der Waals surface area contributed by atoms with Crippen LogP contribution in [0.25, 0.3) is 0 Å². The van der Waals surface area contributed by atoms with Crippen LogP contribution in [0.4, 0.5) is 0 Å². The maximum atomic E-state index is 12.5. The minimum atomic E-state index is -0.0371.